The molecule has 3 aromatic rings. The molecule has 33 heavy (non-hydrogen) atoms. The first-order chi connectivity index (χ1) is 16.2. The average molecular weight is 479 g/mol. The van der Waals surface area contributed by atoms with Crippen molar-refractivity contribution in [2.75, 3.05) is 25.0 Å². The molecule has 2 aliphatic rings. The smallest absolute Gasteiger partial charge is 0.257 e. The van der Waals surface area contributed by atoms with Crippen molar-refractivity contribution in [2.45, 2.75) is 25.3 Å². The third-order valence-corrected chi connectivity index (χ3v) is 8.01. The summed E-state index contributed by atoms with van der Waals surface area (Å²) in [5, 5.41) is 13.5. The molecule has 2 aromatic heterocycles. The van der Waals surface area contributed by atoms with Gasteiger partial charge < -0.3 is 5.32 Å². The molecule has 1 saturated heterocycles. The summed E-state index contributed by atoms with van der Waals surface area (Å²) in [6.07, 6.45) is 2.47. The van der Waals surface area contributed by atoms with Crippen LogP contribution >= 0.6 is 22.7 Å². The molecular formula is C25H26N4O2S2. The molecule has 2 atom stereocenters. The molecule has 1 aromatic carbocycles. The number of carbonyl (C=O) groups is 2. The fourth-order valence-corrected chi connectivity index (χ4v) is 6.01. The number of carbonyl (C=O) groups excluding carboxylic acids is 2. The number of amides is 2. The van der Waals surface area contributed by atoms with E-state index in [1.54, 1.807) is 27.7 Å². The van der Waals surface area contributed by atoms with Gasteiger partial charge >= 0.3 is 0 Å². The van der Waals surface area contributed by atoms with Crippen molar-refractivity contribution in [3.63, 3.8) is 0 Å². The van der Waals surface area contributed by atoms with E-state index in [0.717, 1.165) is 47.0 Å². The summed E-state index contributed by atoms with van der Waals surface area (Å²) < 4.78 is 0. The van der Waals surface area contributed by atoms with E-state index in [-0.39, 0.29) is 30.3 Å². The van der Waals surface area contributed by atoms with Crippen LogP contribution in [0.2, 0.25) is 0 Å². The van der Waals surface area contributed by atoms with Gasteiger partial charge in [0.05, 0.1) is 29.1 Å². The molecule has 0 spiro atoms. The van der Waals surface area contributed by atoms with E-state index in [4.69, 9.17) is 5.10 Å². The summed E-state index contributed by atoms with van der Waals surface area (Å²) in [6, 6.07) is 17.6. The largest absolute Gasteiger partial charge is 0.326 e. The Morgan fingerprint density at radius 3 is 2.61 bits per heavy atom. The lowest BCUT2D eigenvalue weighted by Gasteiger charge is -2.32. The van der Waals surface area contributed by atoms with Gasteiger partial charge in [-0.05, 0) is 54.4 Å². The highest BCUT2D eigenvalue weighted by Crippen LogP contribution is 2.36. The fourth-order valence-electron chi connectivity index (χ4n) is 4.48. The van der Waals surface area contributed by atoms with Gasteiger partial charge in [0.25, 0.3) is 5.91 Å². The molecule has 2 amide bonds. The van der Waals surface area contributed by atoms with E-state index in [1.807, 2.05) is 53.2 Å². The highest BCUT2D eigenvalue weighted by atomic mass is 32.1. The number of rotatable bonds is 6. The molecule has 170 valence electrons. The highest BCUT2D eigenvalue weighted by Gasteiger charge is 2.35. The normalized spacial score (nSPS) is 21.1. The number of anilines is 1. The van der Waals surface area contributed by atoms with E-state index < -0.39 is 0 Å². The Hall–Kier alpha value is -2.81. The molecule has 0 radical (unpaired) electrons. The molecule has 4 heterocycles. The molecule has 6 nitrogen and oxygen atoms in total. The first-order valence-corrected chi connectivity index (χ1v) is 13.0. The van der Waals surface area contributed by atoms with Crippen LogP contribution < -0.4 is 5.32 Å². The second-order valence-electron chi connectivity index (χ2n) is 8.43. The minimum Gasteiger partial charge on any atom is -0.326 e. The SMILES string of the molecule is O=C(Nc1ccccc1)C1CCCN(CC(=O)N2N=C(c3cccs3)CC2c2cccs2)C1. The maximum Gasteiger partial charge on any atom is 0.257 e. The summed E-state index contributed by atoms with van der Waals surface area (Å²) in [6.45, 7) is 1.68. The van der Waals surface area contributed by atoms with Gasteiger partial charge in [0, 0.05) is 23.5 Å². The molecule has 2 unspecified atom stereocenters. The Labute approximate surface area is 201 Å². The molecule has 5 rings (SSSR count). The minimum atomic E-state index is -0.122. The number of hydrogen-bond donors (Lipinski definition) is 1. The Bertz CT molecular complexity index is 1110. The highest BCUT2D eigenvalue weighted by molar-refractivity contribution is 7.12. The third-order valence-electron chi connectivity index (χ3n) is 6.12. The van der Waals surface area contributed by atoms with Gasteiger partial charge in [-0.2, -0.15) is 5.10 Å². The third kappa shape index (κ3) is 5.08. The van der Waals surface area contributed by atoms with Crippen molar-refractivity contribution >= 4 is 45.9 Å². The average Bonchev–Trinajstić information content (AvgIpc) is 3.61. The van der Waals surface area contributed by atoms with Crippen LogP contribution in [0.15, 0.2) is 70.5 Å². The van der Waals surface area contributed by atoms with Gasteiger partial charge in [-0.25, -0.2) is 5.01 Å². The van der Waals surface area contributed by atoms with Gasteiger partial charge in [0.1, 0.15) is 0 Å². The molecule has 1 fully saturated rings. The second-order valence-corrected chi connectivity index (χ2v) is 10.4. The van der Waals surface area contributed by atoms with Crippen LogP contribution in [-0.2, 0) is 9.59 Å². The predicted molar refractivity (Wildman–Crippen MR) is 134 cm³/mol. The quantitative estimate of drug-likeness (QED) is 0.551. The zero-order valence-corrected chi connectivity index (χ0v) is 19.9. The molecule has 2 aliphatic heterocycles. The number of benzene rings is 1. The first kappa shape index (κ1) is 22.0. The Balaban J connectivity index is 1.26. The van der Waals surface area contributed by atoms with Crippen molar-refractivity contribution in [1.82, 2.24) is 9.91 Å². The summed E-state index contributed by atoms with van der Waals surface area (Å²) in [4.78, 5) is 30.5. The number of thiophene rings is 2. The zero-order chi connectivity index (χ0) is 22.6. The fraction of sp³-hybridized carbons (Fsp3) is 0.320. The maximum atomic E-state index is 13.4. The molecule has 0 bridgehead atoms. The summed E-state index contributed by atoms with van der Waals surface area (Å²) in [5.41, 5.74) is 1.78. The van der Waals surface area contributed by atoms with E-state index in [2.05, 4.69) is 22.3 Å². The first-order valence-electron chi connectivity index (χ1n) is 11.2. The number of hydrazone groups is 1. The standard InChI is InChI=1S/C25H26N4O2S2/c30-24(17-28-12-4-7-18(16-28)25(31)26-19-8-2-1-3-9-19)29-21(23-11-6-14-33-23)15-20(27-29)22-10-5-13-32-22/h1-3,5-6,8-11,13-14,18,21H,4,7,12,15-17H2,(H,26,31). The van der Waals surface area contributed by atoms with E-state index >= 15 is 0 Å². The van der Waals surface area contributed by atoms with Crippen LogP contribution in [0, 0.1) is 5.92 Å². The number of piperidine rings is 1. The predicted octanol–water partition coefficient (Wildman–Crippen LogP) is 4.84. The second kappa shape index (κ2) is 9.99. The van der Waals surface area contributed by atoms with Crippen LogP contribution in [0.1, 0.15) is 35.1 Å². The van der Waals surface area contributed by atoms with Crippen molar-refractivity contribution in [1.29, 1.82) is 0 Å². The lowest BCUT2D eigenvalue weighted by molar-refractivity contribution is -0.135. The molecule has 8 heteroatoms. The monoisotopic (exact) mass is 478 g/mol. The van der Waals surface area contributed by atoms with Crippen LogP contribution in [0.4, 0.5) is 5.69 Å². The summed E-state index contributed by atoms with van der Waals surface area (Å²) in [7, 11) is 0. The van der Waals surface area contributed by atoms with Crippen molar-refractivity contribution < 1.29 is 9.59 Å². The van der Waals surface area contributed by atoms with Crippen LogP contribution in [0.5, 0.6) is 0 Å². The van der Waals surface area contributed by atoms with E-state index in [9.17, 15) is 9.59 Å². The van der Waals surface area contributed by atoms with Crippen molar-refractivity contribution in [3.8, 4) is 0 Å². The van der Waals surface area contributed by atoms with Crippen LogP contribution in [0.25, 0.3) is 0 Å². The molecule has 0 saturated carbocycles. The Kier molecular flexibility index (Phi) is 6.66. The molecule has 0 aliphatic carbocycles. The van der Waals surface area contributed by atoms with Crippen LogP contribution in [-0.4, -0.2) is 47.1 Å². The summed E-state index contributed by atoms with van der Waals surface area (Å²) >= 11 is 3.31. The Morgan fingerprint density at radius 1 is 1.03 bits per heavy atom. The molecule has 1 N–H and O–H groups in total. The molecular weight excluding hydrogens is 452 g/mol. The van der Waals surface area contributed by atoms with Crippen molar-refractivity contribution in [3.05, 3.63) is 75.1 Å². The van der Waals surface area contributed by atoms with E-state index in [1.165, 1.54) is 0 Å². The topological polar surface area (TPSA) is 65.0 Å². The number of likely N-dealkylation sites (tertiary alicyclic amines) is 1. The lowest BCUT2D eigenvalue weighted by Crippen LogP contribution is -2.45. The number of para-hydroxylation sites is 1. The van der Waals surface area contributed by atoms with Gasteiger partial charge in [0.15, 0.2) is 0 Å². The maximum absolute atomic E-state index is 13.4. The van der Waals surface area contributed by atoms with Gasteiger partial charge in [-0.3, -0.25) is 14.5 Å². The number of hydrogen-bond acceptors (Lipinski definition) is 6. The number of nitrogens with one attached hydrogen (secondary N) is 1. The summed E-state index contributed by atoms with van der Waals surface area (Å²) in [5.74, 6) is -0.110. The van der Waals surface area contributed by atoms with E-state index in [0.29, 0.717) is 6.54 Å². The van der Waals surface area contributed by atoms with Gasteiger partial charge in [-0.1, -0.05) is 30.3 Å². The Morgan fingerprint density at radius 2 is 1.85 bits per heavy atom. The van der Waals surface area contributed by atoms with Crippen molar-refractivity contribution in [2.24, 2.45) is 11.0 Å². The minimum absolute atomic E-state index is 0.0101. The number of nitrogens with zero attached hydrogens (tertiary/aromatic N) is 3. The van der Waals surface area contributed by atoms with Crippen LogP contribution in [0.3, 0.4) is 0 Å². The van der Waals surface area contributed by atoms with Gasteiger partial charge in [0.2, 0.25) is 5.91 Å². The zero-order valence-electron chi connectivity index (χ0n) is 18.2. The lowest BCUT2D eigenvalue weighted by atomic mass is 9.97. The van der Waals surface area contributed by atoms with Gasteiger partial charge in [-0.15, -0.1) is 22.7 Å².